The molecule has 0 unspecified atom stereocenters. The quantitative estimate of drug-likeness (QED) is 0.614. The fourth-order valence-corrected chi connectivity index (χ4v) is 2.52. The number of ether oxygens (including phenoxy) is 1. The summed E-state index contributed by atoms with van der Waals surface area (Å²) in [6.07, 6.45) is -5.30. The number of rotatable bonds is 4. The van der Waals surface area contributed by atoms with Gasteiger partial charge in [-0.05, 0) is 26.8 Å². The Morgan fingerprint density at radius 3 is 2.36 bits per heavy atom. The third-order valence-corrected chi connectivity index (χ3v) is 3.88. The number of nitro groups is 1. The average molecular weight is 403 g/mol. The topological polar surface area (TPSA) is 102 Å². The molecule has 2 rings (SSSR count). The fraction of sp³-hybridized carbons (Fsp3) is 0.529. The van der Waals surface area contributed by atoms with Gasteiger partial charge in [0.25, 0.3) is 11.6 Å². The predicted molar refractivity (Wildman–Crippen MR) is 91.7 cm³/mol. The first-order valence-corrected chi connectivity index (χ1v) is 8.39. The number of amides is 2. The van der Waals surface area contributed by atoms with E-state index in [4.69, 9.17) is 4.74 Å². The Bertz CT molecular complexity index is 783. The van der Waals surface area contributed by atoms with E-state index in [1.807, 2.05) is 0 Å². The Kier molecular flexibility index (Phi) is 5.86. The highest BCUT2D eigenvalue weighted by Gasteiger charge is 2.35. The average Bonchev–Trinajstić information content (AvgIpc) is 2.50. The predicted octanol–water partition coefficient (Wildman–Crippen LogP) is 3.21. The molecule has 0 saturated carbocycles. The van der Waals surface area contributed by atoms with E-state index in [1.165, 1.54) is 4.90 Å². The normalized spacial score (nSPS) is 15.0. The maximum absolute atomic E-state index is 12.9. The van der Waals surface area contributed by atoms with Gasteiger partial charge in [0.1, 0.15) is 5.60 Å². The van der Waals surface area contributed by atoms with Crippen LogP contribution in [-0.2, 0) is 10.9 Å². The summed E-state index contributed by atoms with van der Waals surface area (Å²) >= 11 is 0. The first-order valence-electron chi connectivity index (χ1n) is 8.39. The zero-order chi connectivity index (χ0) is 21.3. The molecular weight excluding hydrogens is 383 g/mol. The molecule has 0 aliphatic carbocycles. The maximum atomic E-state index is 12.9. The highest BCUT2D eigenvalue weighted by Crippen LogP contribution is 2.32. The molecule has 11 heteroatoms. The van der Waals surface area contributed by atoms with Gasteiger partial charge in [-0.3, -0.25) is 14.9 Å². The Labute approximate surface area is 158 Å². The molecule has 1 aromatic rings. The van der Waals surface area contributed by atoms with Gasteiger partial charge in [-0.2, -0.15) is 13.2 Å². The summed E-state index contributed by atoms with van der Waals surface area (Å²) in [5, 5.41) is 13.3. The third kappa shape index (κ3) is 5.57. The molecule has 1 N–H and O–H groups in total. The number of non-ortho nitro benzene ring substituents is 1. The molecule has 1 heterocycles. The molecule has 1 aliphatic rings. The van der Waals surface area contributed by atoms with Crippen LogP contribution in [-0.4, -0.2) is 47.1 Å². The third-order valence-electron chi connectivity index (χ3n) is 3.88. The van der Waals surface area contributed by atoms with Crippen LogP contribution >= 0.6 is 0 Å². The number of halogens is 3. The van der Waals surface area contributed by atoms with Crippen molar-refractivity contribution in [3.05, 3.63) is 39.4 Å². The number of nitrogens with one attached hydrogen (secondary N) is 1. The van der Waals surface area contributed by atoms with Gasteiger partial charge in [0.15, 0.2) is 0 Å². The number of alkyl halides is 3. The minimum absolute atomic E-state index is 0.0859. The van der Waals surface area contributed by atoms with E-state index >= 15 is 0 Å². The van der Waals surface area contributed by atoms with Gasteiger partial charge in [0.05, 0.1) is 10.5 Å². The second-order valence-electron chi connectivity index (χ2n) is 7.48. The lowest BCUT2D eigenvalue weighted by Crippen LogP contribution is -2.54. The van der Waals surface area contributed by atoms with Crippen molar-refractivity contribution in [2.45, 2.75) is 32.5 Å². The standard InChI is InChI=1S/C17H20F3N3O5/c1-16(2,3)28-15(25)22-8-10(9-22)7-21-14(24)11-4-12(17(18,19)20)6-13(5-11)23(26)27/h4-6,10H,7-9H2,1-3H3,(H,21,24). The smallest absolute Gasteiger partial charge is 0.416 e. The molecule has 8 nitrogen and oxygen atoms in total. The summed E-state index contributed by atoms with van der Waals surface area (Å²) in [6.45, 7) is 5.97. The van der Waals surface area contributed by atoms with Crippen LogP contribution in [0, 0.1) is 16.0 Å². The van der Waals surface area contributed by atoms with Gasteiger partial charge in [-0.1, -0.05) is 0 Å². The van der Waals surface area contributed by atoms with E-state index in [-0.39, 0.29) is 12.5 Å². The Balaban J connectivity index is 1.95. The van der Waals surface area contributed by atoms with Crippen LogP contribution < -0.4 is 5.32 Å². The van der Waals surface area contributed by atoms with Crippen LogP contribution in [0.25, 0.3) is 0 Å². The summed E-state index contributed by atoms with van der Waals surface area (Å²) in [7, 11) is 0. The number of nitro benzene ring substituents is 1. The van der Waals surface area contributed by atoms with Crippen molar-refractivity contribution in [2.24, 2.45) is 5.92 Å². The van der Waals surface area contributed by atoms with Crippen LogP contribution in [0.4, 0.5) is 23.7 Å². The second kappa shape index (κ2) is 7.64. The van der Waals surface area contributed by atoms with Gasteiger partial charge in [0, 0.05) is 43.2 Å². The molecule has 0 radical (unpaired) electrons. The molecule has 0 aromatic heterocycles. The van der Waals surface area contributed by atoms with Crippen molar-refractivity contribution in [1.29, 1.82) is 0 Å². The van der Waals surface area contributed by atoms with Crippen LogP contribution in [0.2, 0.25) is 0 Å². The van der Waals surface area contributed by atoms with Gasteiger partial charge in [-0.15, -0.1) is 0 Å². The number of hydrogen-bond donors (Lipinski definition) is 1. The SMILES string of the molecule is CC(C)(C)OC(=O)N1CC(CNC(=O)c2cc([N+](=O)[O-])cc(C(F)(F)F)c2)C1. The lowest BCUT2D eigenvalue weighted by molar-refractivity contribution is -0.385. The molecule has 2 amide bonds. The first-order chi connectivity index (χ1) is 12.8. The minimum atomic E-state index is -4.82. The summed E-state index contributed by atoms with van der Waals surface area (Å²) in [5.41, 5.74) is -3.18. The molecule has 1 aliphatic heterocycles. The summed E-state index contributed by atoms with van der Waals surface area (Å²) in [5.74, 6) is -0.942. The molecule has 1 aromatic carbocycles. The Hall–Kier alpha value is -2.85. The van der Waals surface area contributed by atoms with E-state index in [9.17, 15) is 32.9 Å². The van der Waals surface area contributed by atoms with E-state index in [2.05, 4.69) is 5.32 Å². The highest BCUT2D eigenvalue weighted by molar-refractivity contribution is 5.95. The van der Waals surface area contributed by atoms with Crippen molar-refractivity contribution in [3.63, 3.8) is 0 Å². The number of likely N-dealkylation sites (tertiary alicyclic amines) is 1. The van der Waals surface area contributed by atoms with E-state index in [1.54, 1.807) is 20.8 Å². The number of nitrogens with zero attached hydrogens (tertiary/aromatic N) is 2. The molecule has 154 valence electrons. The van der Waals surface area contributed by atoms with Crippen molar-refractivity contribution >= 4 is 17.7 Å². The molecule has 1 fully saturated rings. The number of carbonyl (C=O) groups excluding carboxylic acids is 2. The lowest BCUT2D eigenvalue weighted by atomic mass is 10.0. The second-order valence-corrected chi connectivity index (χ2v) is 7.48. The molecule has 0 spiro atoms. The number of hydrogen-bond acceptors (Lipinski definition) is 5. The fourth-order valence-electron chi connectivity index (χ4n) is 2.52. The summed E-state index contributed by atoms with van der Waals surface area (Å²) < 4.78 is 43.8. The lowest BCUT2D eigenvalue weighted by Gasteiger charge is -2.39. The van der Waals surface area contributed by atoms with Gasteiger partial charge in [-0.25, -0.2) is 4.79 Å². The first kappa shape index (κ1) is 21.5. The van der Waals surface area contributed by atoms with Crippen molar-refractivity contribution in [2.75, 3.05) is 19.6 Å². The van der Waals surface area contributed by atoms with Crippen LogP contribution in [0.3, 0.4) is 0 Å². The number of benzene rings is 1. The van der Waals surface area contributed by atoms with Crippen LogP contribution in [0.1, 0.15) is 36.7 Å². The monoisotopic (exact) mass is 403 g/mol. The zero-order valence-electron chi connectivity index (χ0n) is 15.5. The van der Waals surface area contributed by atoms with E-state index < -0.39 is 45.5 Å². The molecule has 28 heavy (non-hydrogen) atoms. The number of carbonyl (C=O) groups is 2. The largest absolute Gasteiger partial charge is 0.444 e. The van der Waals surface area contributed by atoms with Crippen molar-refractivity contribution in [1.82, 2.24) is 10.2 Å². The molecule has 0 atom stereocenters. The summed E-state index contributed by atoms with van der Waals surface area (Å²) in [6, 6.07) is 1.73. The van der Waals surface area contributed by atoms with Gasteiger partial charge >= 0.3 is 12.3 Å². The summed E-state index contributed by atoms with van der Waals surface area (Å²) in [4.78, 5) is 35.2. The zero-order valence-corrected chi connectivity index (χ0v) is 15.5. The molecule has 0 bridgehead atoms. The Morgan fingerprint density at radius 2 is 1.86 bits per heavy atom. The minimum Gasteiger partial charge on any atom is -0.444 e. The molecular formula is C17H20F3N3O5. The van der Waals surface area contributed by atoms with Crippen molar-refractivity contribution < 1.29 is 32.4 Å². The molecule has 1 saturated heterocycles. The van der Waals surface area contributed by atoms with Gasteiger partial charge < -0.3 is 15.0 Å². The van der Waals surface area contributed by atoms with Gasteiger partial charge in [0.2, 0.25) is 0 Å². The van der Waals surface area contributed by atoms with Crippen molar-refractivity contribution in [3.8, 4) is 0 Å². The van der Waals surface area contributed by atoms with E-state index in [0.717, 1.165) is 6.07 Å². The van der Waals surface area contributed by atoms with Crippen LogP contribution in [0.5, 0.6) is 0 Å². The van der Waals surface area contributed by atoms with E-state index in [0.29, 0.717) is 25.2 Å². The Morgan fingerprint density at radius 1 is 1.25 bits per heavy atom. The van der Waals surface area contributed by atoms with Crippen LogP contribution in [0.15, 0.2) is 18.2 Å². The maximum Gasteiger partial charge on any atom is 0.416 e. The highest BCUT2D eigenvalue weighted by atomic mass is 19.4.